The molecule has 4 heteroatoms. The highest BCUT2D eigenvalue weighted by Crippen LogP contribution is 2.21. The van der Waals surface area contributed by atoms with Crippen molar-refractivity contribution in [3.05, 3.63) is 59.8 Å². The molecule has 1 aromatic heterocycles. The third-order valence-corrected chi connectivity index (χ3v) is 2.72. The van der Waals surface area contributed by atoms with E-state index in [1.807, 2.05) is 6.92 Å². The van der Waals surface area contributed by atoms with Crippen LogP contribution in [-0.4, -0.2) is 4.98 Å². The smallest absolute Gasteiger partial charge is 0.214 e. The Morgan fingerprint density at radius 2 is 1.83 bits per heavy atom. The van der Waals surface area contributed by atoms with E-state index in [2.05, 4.69) is 10.3 Å². The lowest BCUT2D eigenvalue weighted by atomic mass is 10.0. The number of nitrogens with one attached hydrogen (secondary N) is 1. The number of anilines is 1. The van der Waals surface area contributed by atoms with Crippen molar-refractivity contribution in [3.8, 4) is 0 Å². The van der Waals surface area contributed by atoms with Gasteiger partial charge in [-0.2, -0.15) is 4.39 Å². The minimum atomic E-state index is -0.519. The van der Waals surface area contributed by atoms with E-state index in [0.717, 1.165) is 12.0 Å². The lowest BCUT2D eigenvalue weighted by Gasteiger charge is -2.18. The van der Waals surface area contributed by atoms with Crippen molar-refractivity contribution in [2.75, 3.05) is 5.32 Å². The average molecular weight is 248 g/mol. The van der Waals surface area contributed by atoms with Crippen molar-refractivity contribution < 1.29 is 8.78 Å². The highest BCUT2D eigenvalue weighted by atomic mass is 19.1. The summed E-state index contributed by atoms with van der Waals surface area (Å²) in [4.78, 5) is 3.75. The second-order valence-electron chi connectivity index (χ2n) is 4.00. The van der Waals surface area contributed by atoms with Crippen LogP contribution in [0.5, 0.6) is 0 Å². The van der Waals surface area contributed by atoms with E-state index in [0.29, 0.717) is 5.82 Å². The summed E-state index contributed by atoms with van der Waals surface area (Å²) in [5.41, 5.74) is 0.949. The molecule has 2 nitrogen and oxygen atoms in total. The molecular weight excluding hydrogens is 234 g/mol. The van der Waals surface area contributed by atoms with Gasteiger partial charge in [-0.1, -0.05) is 25.1 Å². The fourth-order valence-electron chi connectivity index (χ4n) is 1.78. The quantitative estimate of drug-likeness (QED) is 0.829. The van der Waals surface area contributed by atoms with Crippen LogP contribution in [0.15, 0.2) is 42.5 Å². The van der Waals surface area contributed by atoms with Gasteiger partial charge in [0.2, 0.25) is 5.95 Å². The van der Waals surface area contributed by atoms with Crippen molar-refractivity contribution in [1.29, 1.82) is 0 Å². The Balaban J connectivity index is 2.17. The standard InChI is InChI=1S/C14H14F2N2/c1-2-12(10-6-8-11(15)9-7-10)17-14-5-3-4-13(16)18-14/h3-9,12H,2H2,1H3,(H,17,18). The second-order valence-corrected chi connectivity index (χ2v) is 4.00. The molecule has 1 atom stereocenters. The second kappa shape index (κ2) is 5.58. The third kappa shape index (κ3) is 3.03. The molecule has 0 radical (unpaired) electrons. The molecule has 2 aromatic rings. The van der Waals surface area contributed by atoms with E-state index in [4.69, 9.17) is 0 Å². The number of aromatic nitrogens is 1. The maximum absolute atomic E-state index is 13.0. The average Bonchev–Trinajstić information content (AvgIpc) is 2.37. The van der Waals surface area contributed by atoms with Gasteiger partial charge >= 0.3 is 0 Å². The Morgan fingerprint density at radius 3 is 2.44 bits per heavy atom. The molecule has 18 heavy (non-hydrogen) atoms. The first-order chi connectivity index (χ1) is 8.69. The zero-order valence-electron chi connectivity index (χ0n) is 10.0. The molecule has 1 N–H and O–H groups in total. The molecule has 94 valence electrons. The van der Waals surface area contributed by atoms with Gasteiger partial charge in [0.05, 0.1) is 6.04 Å². The molecule has 2 rings (SSSR count). The summed E-state index contributed by atoms with van der Waals surface area (Å²) in [6.45, 7) is 2.00. The van der Waals surface area contributed by atoms with E-state index in [1.165, 1.54) is 18.2 Å². The predicted molar refractivity (Wildman–Crippen MR) is 67.2 cm³/mol. The lowest BCUT2D eigenvalue weighted by Crippen LogP contribution is -2.11. The SMILES string of the molecule is CCC(Nc1cccc(F)n1)c1ccc(F)cc1. The molecule has 0 aliphatic rings. The highest BCUT2D eigenvalue weighted by Gasteiger charge is 2.10. The zero-order valence-corrected chi connectivity index (χ0v) is 10.0. The van der Waals surface area contributed by atoms with E-state index in [1.54, 1.807) is 24.3 Å². The van der Waals surface area contributed by atoms with Crippen molar-refractivity contribution in [2.24, 2.45) is 0 Å². The normalized spacial score (nSPS) is 12.2. The van der Waals surface area contributed by atoms with Crippen molar-refractivity contribution in [3.63, 3.8) is 0 Å². The number of hydrogen-bond acceptors (Lipinski definition) is 2. The first-order valence-corrected chi connectivity index (χ1v) is 5.83. The number of halogens is 2. The molecule has 0 saturated carbocycles. The highest BCUT2D eigenvalue weighted by molar-refractivity contribution is 5.38. The van der Waals surface area contributed by atoms with Crippen LogP contribution in [0.1, 0.15) is 24.9 Å². The molecule has 0 fully saturated rings. The summed E-state index contributed by atoms with van der Waals surface area (Å²) in [5.74, 6) is -0.308. The first-order valence-electron chi connectivity index (χ1n) is 5.83. The van der Waals surface area contributed by atoms with Crippen LogP contribution >= 0.6 is 0 Å². The monoisotopic (exact) mass is 248 g/mol. The van der Waals surface area contributed by atoms with E-state index in [9.17, 15) is 8.78 Å². The minimum Gasteiger partial charge on any atom is -0.363 e. The summed E-state index contributed by atoms with van der Waals surface area (Å²) in [6, 6.07) is 10.9. The molecule has 0 amide bonds. The van der Waals surface area contributed by atoms with Gasteiger partial charge in [-0.3, -0.25) is 0 Å². The summed E-state index contributed by atoms with van der Waals surface area (Å²) < 4.78 is 25.8. The van der Waals surface area contributed by atoms with Crippen molar-refractivity contribution in [2.45, 2.75) is 19.4 Å². The summed E-state index contributed by atoms with van der Waals surface area (Å²) in [7, 11) is 0. The molecule has 0 aliphatic heterocycles. The van der Waals surface area contributed by atoms with Crippen LogP contribution < -0.4 is 5.32 Å². The van der Waals surface area contributed by atoms with Crippen LogP contribution in [0.3, 0.4) is 0 Å². The molecule has 1 heterocycles. The van der Waals surface area contributed by atoms with Crippen LogP contribution in [0.2, 0.25) is 0 Å². The van der Waals surface area contributed by atoms with Crippen LogP contribution in [0.4, 0.5) is 14.6 Å². The number of benzene rings is 1. The molecule has 1 aromatic carbocycles. The number of rotatable bonds is 4. The van der Waals surface area contributed by atoms with Gasteiger partial charge in [0.15, 0.2) is 0 Å². The Bertz CT molecular complexity index is 511. The maximum atomic E-state index is 13.0. The van der Waals surface area contributed by atoms with Crippen LogP contribution in [-0.2, 0) is 0 Å². The largest absolute Gasteiger partial charge is 0.363 e. The fraction of sp³-hybridized carbons (Fsp3) is 0.214. The summed E-state index contributed by atoms with van der Waals surface area (Å²) in [6.07, 6.45) is 0.795. The van der Waals surface area contributed by atoms with Gasteiger partial charge in [-0.15, -0.1) is 0 Å². The van der Waals surface area contributed by atoms with Crippen molar-refractivity contribution >= 4 is 5.82 Å². The van der Waals surface area contributed by atoms with Crippen LogP contribution in [0, 0.1) is 11.8 Å². The third-order valence-electron chi connectivity index (χ3n) is 2.72. The number of nitrogens with zero attached hydrogens (tertiary/aromatic N) is 1. The first kappa shape index (κ1) is 12.5. The van der Waals surface area contributed by atoms with Crippen molar-refractivity contribution in [1.82, 2.24) is 4.98 Å². The Labute approximate surface area is 105 Å². The lowest BCUT2D eigenvalue weighted by molar-refractivity contribution is 0.583. The van der Waals surface area contributed by atoms with Gasteiger partial charge < -0.3 is 5.32 Å². The minimum absolute atomic E-state index is 0.0140. The summed E-state index contributed by atoms with van der Waals surface area (Å²) >= 11 is 0. The molecule has 0 aliphatic carbocycles. The summed E-state index contributed by atoms with van der Waals surface area (Å²) in [5, 5.41) is 3.13. The predicted octanol–water partition coefficient (Wildman–Crippen LogP) is 3.92. The fourth-order valence-corrected chi connectivity index (χ4v) is 1.78. The van der Waals surface area contributed by atoms with Gasteiger partial charge in [0.25, 0.3) is 0 Å². The molecule has 0 spiro atoms. The molecule has 0 bridgehead atoms. The molecule has 0 saturated heterocycles. The van der Waals surface area contributed by atoms with Crippen LogP contribution in [0.25, 0.3) is 0 Å². The number of pyridine rings is 1. The van der Waals surface area contributed by atoms with E-state index >= 15 is 0 Å². The van der Waals surface area contributed by atoms with E-state index < -0.39 is 5.95 Å². The number of hydrogen-bond donors (Lipinski definition) is 1. The maximum Gasteiger partial charge on any atom is 0.214 e. The molecule has 1 unspecified atom stereocenters. The Kier molecular flexibility index (Phi) is 3.87. The topological polar surface area (TPSA) is 24.9 Å². The Morgan fingerprint density at radius 1 is 1.11 bits per heavy atom. The Hall–Kier alpha value is -1.97. The van der Waals surface area contributed by atoms with Gasteiger partial charge in [0.1, 0.15) is 11.6 Å². The van der Waals surface area contributed by atoms with E-state index in [-0.39, 0.29) is 11.9 Å². The molecular formula is C14H14F2N2. The van der Waals surface area contributed by atoms with Gasteiger partial charge in [-0.05, 0) is 36.2 Å². The van der Waals surface area contributed by atoms with Gasteiger partial charge in [0, 0.05) is 0 Å². The van der Waals surface area contributed by atoms with Gasteiger partial charge in [-0.25, -0.2) is 9.37 Å². The zero-order chi connectivity index (χ0) is 13.0.